The highest BCUT2D eigenvalue weighted by Crippen LogP contribution is 2.41. The van der Waals surface area contributed by atoms with Crippen molar-refractivity contribution in [1.29, 1.82) is 0 Å². The quantitative estimate of drug-likeness (QED) is 0.203. The van der Waals surface area contributed by atoms with Gasteiger partial charge in [0, 0.05) is 0 Å². The molecule has 2 atom stereocenters. The van der Waals surface area contributed by atoms with Gasteiger partial charge >= 0.3 is 0 Å². The lowest BCUT2D eigenvalue weighted by molar-refractivity contribution is 0.203. The Balaban J connectivity index is 1.12. The molecule has 1 aromatic carbocycles. The molecule has 0 heteroatoms. The van der Waals surface area contributed by atoms with Crippen molar-refractivity contribution in [2.24, 2.45) is 29.6 Å². The zero-order valence-electron chi connectivity index (χ0n) is 23.8. The van der Waals surface area contributed by atoms with E-state index < -0.39 is 0 Å². The van der Waals surface area contributed by atoms with Crippen LogP contribution in [0.15, 0.2) is 42.5 Å². The second-order valence-electron chi connectivity index (χ2n) is 12.8. The van der Waals surface area contributed by atoms with Crippen molar-refractivity contribution in [2.45, 2.75) is 135 Å². The molecule has 0 amide bonds. The number of allylic oxidation sites excluding steroid dienone is 3. The number of benzene rings is 1. The fourth-order valence-corrected chi connectivity index (χ4v) is 7.72. The summed E-state index contributed by atoms with van der Waals surface area (Å²) in [7, 11) is 0. The van der Waals surface area contributed by atoms with E-state index in [4.69, 9.17) is 0 Å². The van der Waals surface area contributed by atoms with Gasteiger partial charge in [-0.05, 0) is 111 Å². The van der Waals surface area contributed by atoms with Crippen LogP contribution in [0.3, 0.4) is 0 Å². The average molecular weight is 489 g/mol. The fourth-order valence-electron chi connectivity index (χ4n) is 7.72. The Hall–Kier alpha value is -1.30. The third-order valence-corrected chi connectivity index (χ3v) is 10.2. The summed E-state index contributed by atoms with van der Waals surface area (Å²) in [4.78, 5) is 0. The van der Waals surface area contributed by atoms with Crippen molar-refractivity contribution in [1.82, 2.24) is 0 Å². The molecule has 0 N–H and O–H groups in total. The summed E-state index contributed by atoms with van der Waals surface area (Å²) in [5.74, 6) is 5.52. The van der Waals surface area contributed by atoms with Crippen LogP contribution in [0.5, 0.6) is 0 Å². The molecule has 200 valence electrons. The lowest BCUT2D eigenvalue weighted by Crippen LogP contribution is -2.23. The van der Waals surface area contributed by atoms with E-state index >= 15 is 0 Å². The molecule has 4 rings (SSSR count). The van der Waals surface area contributed by atoms with Crippen molar-refractivity contribution < 1.29 is 0 Å². The van der Waals surface area contributed by atoms with Gasteiger partial charge in [-0.3, -0.25) is 0 Å². The lowest BCUT2D eigenvalue weighted by Gasteiger charge is -2.35. The summed E-state index contributed by atoms with van der Waals surface area (Å²) in [5, 5.41) is 0. The topological polar surface area (TPSA) is 0 Å². The Bertz CT molecular complexity index is 767. The predicted molar refractivity (Wildman–Crippen MR) is 159 cm³/mol. The average Bonchev–Trinajstić information content (AvgIpc) is 2.93. The van der Waals surface area contributed by atoms with Crippen LogP contribution in [-0.2, 0) is 0 Å². The van der Waals surface area contributed by atoms with Crippen LogP contribution in [0.1, 0.15) is 146 Å². The van der Waals surface area contributed by atoms with E-state index in [1.165, 1.54) is 121 Å². The lowest BCUT2D eigenvalue weighted by atomic mass is 9.71. The molecule has 3 aliphatic rings. The monoisotopic (exact) mass is 488 g/mol. The van der Waals surface area contributed by atoms with Crippen molar-refractivity contribution >= 4 is 6.08 Å². The van der Waals surface area contributed by atoms with Gasteiger partial charge < -0.3 is 0 Å². The fraction of sp³-hybridized carbons (Fsp3) is 0.722. The Morgan fingerprint density at radius 3 is 2.06 bits per heavy atom. The Morgan fingerprint density at radius 2 is 1.39 bits per heavy atom. The maximum absolute atomic E-state index is 2.63. The van der Waals surface area contributed by atoms with Crippen molar-refractivity contribution in [3.63, 3.8) is 0 Å². The van der Waals surface area contributed by atoms with Crippen LogP contribution in [0.25, 0.3) is 6.08 Å². The predicted octanol–water partition coefficient (Wildman–Crippen LogP) is 11.5. The smallest absolute Gasteiger partial charge is 0.0162 e. The number of unbranched alkanes of at least 4 members (excludes halogenated alkanes) is 2. The van der Waals surface area contributed by atoms with E-state index in [1.54, 1.807) is 5.56 Å². The molecule has 3 aliphatic carbocycles. The van der Waals surface area contributed by atoms with E-state index in [2.05, 4.69) is 62.4 Å². The largest absolute Gasteiger partial charge is 0.0851 e. The highest BCUT2D eigenvalue weighted by Gasteiger charge is 2.28. The molecule has 0 heterocycles. The van der Waals surface area contributed by atoms with E-state index in [0.29, 0.717) is 0 Å². The minimum atomic E-state index is 0.805. The molecule has 0 nitrogen and oxygen atoms in total. The van der Waals surface area contributed by atoms with Crippen LogP contribution < -0.4 is 0 Å². The van der Waals surface area contributed by atoms with Crippen LogP contribution in [0.4, 0.5) is 0 Å². The first-order valence-electron chi connectivity index (χ1n) is 16.2. The number of rotatable bonds is 12. The Morgan fingerprint density at radius 1 is 0.667 bits per heavy atom. The van der Waals surface area contributed by atoms with E-state index in [0.717, 1.165) is 35.5 Å². The van der Waals surface area contributed by atoms with Gasteiger partial charge in [0.05, 0.1) is 0 Å². The SMILES string of the molecule is CCCCCC1CCC(C2C=CC(CCC=Cc3ccc(C4CCC(CCC)CC4)cc3)CC2)CC1. The summed E-state index contributed by atoms with van der Waals surface area (Å²) in [6.07, 6.45) is 35.7. The molecule has 2 fully saturated rings. The summed E-state index contributed by atoms with van der Waals surface area (Å²) in [6, 6.07) is 9.53. The zero-order chi connectivity index (χ0) is 25.0. The van der Waals surface area contributed by atoms with Gasteiger partial charge in [-0.2, -0.15) is 0 Å². The maximum atomic E-state index is 2.63. The first-order chi connectivity index (χ1) is 17.7. The third kappa shape index (κ3) is 8.63. The second kappa shape index (κ2) is 15.2. The van der Waals surface area contributed by atoms with E-state index in [-0.39, 0.29) is 0 Å². The zero-order valence-corrected chi connectivity index (χ0v) is 23.8. The molecule has 1 aromatic rings. The van der Waals surface area contributed by atoms with Crippen molar-refractivity contribution in [2.75, 3.05) is 0 Å². The molecule has 2 unspecified atom stereocenters. The van der Waals surface area contributed by atoms with Crippen LogP contribution in [0.2, 0.25) is 0 Å². The first kappa shape index (κ1) is 27.7. The minimum Gasteiger partial charge on any atom is -0.0851 e. The van der Waals surface area contributed by atoms with E-state index in [1.807, 2.05) is 0 Å². The van der Waals surface area contributed by atoms with Gasteiger partial charge in [0.15, 0.2) is 0 Å². The van der Waals surface area contributed by atoms with Crippen LogP contribution in [-0.4, -0.2) is 0 Å². The van der Waals surface area contributed by atoms with Gasteiger partial charge in [0.2, 0.25) is 0 Å². The first-order valence-corrected chi connectivity index (χ1v) is 16.2. The highest BCUT2D eigenvalue weighted by molar-refractivity contribution is 5.49. The Labute approximate surface area is 224 Å². The molecule has 0 radical (unpaired) electrons. The molecule has 2 saturated carbocycles. The third-order valence-electron chi connectivity index (χ3n) is 10.2. The molecule has 0 spiro atoms. The summed E-state index contributed by atoms with van der Waals surface area (Å²) >= 11 is 0. The van der Waals surface area contributed by atoms with E-state index in [9.17, 15) is 0 Å². The summed E-state index contributed by atoms with van der Waals surface area (Å²) in [6.45, 7) is 4.66. The summed E-state index contributed by atoms with van der Waals surface area (Å²) in [5.41, 5.74) is 2.96. The van der Waals surface area contributed by atoms with Crippen molar-refractivity contribution in [3.8, 4) is 0 Å². The van der Waals surface area contributed by atoms with Crippen molar-refractivity contribution in [3.05, 3.63) is 53.6 Å². The van der Waals surface area contributed by atoms with Gasteiger partial charge in [-0.25, -0.2) is 0 Å². The Kier molecular flexibility index (Phi) is 11.7. The normalized spacial score (nSPS) is 31.2. The van der Waals surface area contributed by atoms with Crippen LogP contribution >= 0.6 is 0 Å². The molecule has 0 aliphatic heterocycles. The van der Waals surface area contributed by atoms with Gasteiger partial charge in [-0.1, -0.05) is 114 Å². The highest BCUT2D eigenvalue weighted by atomic mass is 14.3. The molecule has 36 heavy (non-hydrogen) atoms. The van der Waals surface area contributed by atoms with Crippen LogP contribution in [0, 0.1) is 29.6 Å². The molecule has 0 saturated heterocycles. The molecular formula is C36H56. The minimum absolute atomic E-state index is 0.805. The van der Waals surface area contributed by atoms with Gasteiger partial charge in [0.25, 0.3) is 0 Å². The maximum Gasteiger partial charge on any atom is -0.0162 e. The number of hydrogen-bond acceptors (Lipinski definition) is 0. The number of hydrogen-bond donors (Lipinski definition) is 0. The summed E-state index contributed by atoms with van der Waals surface area (Å²) < 4.78 is 0. The molecule has 0 aromatic heterocycles. The molecule has 0 bridgehead atoms. The van der Waals surface area contributed by atoms with Gasteiger partial charge in [0.1, 0.15) is 0 Å². The molecular weight excluding hydrogens is 432 g/mol. The van der Waals surface area contributed by atoms with Gasteiger partial charge in [-0.15, -0.1) is 0 Å². The second-order valence-corrected chi connectivity index (χ2v) is 12.8. The standard InChI is InChI=1S/C36H56/c1-3-5-6-10-30-15-23-35(24-16-30)36-27-19-32(20-28-36)12-8-7-11-31-17-25-34(26-18-31)33-21-13-29(9-4-2)14-22-33/h7,11,17-19,25-27,29-30,32-33,35-36H,3-6,8-10,12-16,20-24,28H2,1-2H3.